The number of nitrogens with zero attached hydrogens (tertiary/aromatic N) is 1. The van der Waals surface area contributed by atoms with Gasteiger partial charge in [-0.3, -0.25) is 4.79 Å². The van der Waals surface area contributed by atoms with Gasteiger partial charge in [-0.05, 0) is 40.6 Å². The predicted molar refractivity (Wildman–Crippen MR) is 98.3 cm³/mol. The normalized spacial score (nSPS) is 13.9. The van der Waals surface area contributed by atoms with Gasteiger partial charge >= 0.3 is 0 Å². The van der Waals surface area contributed by atoms with Crippen molar-refractivity contribution in [1.29, 1.82) is 0 Å². The summed E-state index contributed by atoms with van der Waals surface area (Å²) in [4.78, 5) is 14.7. The van der Waals surface area contributed by atoms with Crippen LogP contribution in [0.2, 0.25) is 0 Å². The van der Waals surface area contributed by atoms with Crippen LogP contribution in [0.1, 0.15) is 15.9 Å². The molecule has 0 atom stereocenters. The molecule has 1 amide bonds. The third-order valence-electron chi connectivity index (χ3n) is 4.47. The molecular formula is C20H15NO3S. The van der Waals surface area contributed by atoms with Crippen LogP contribution >= 0.6 is 0 Å². The van der Waals surface area contributed by atoms with E-state index in [1.165, 1.54) is 12.1 Å². The van der Waals surface area contributed by atoms with E-state index in [0.29, 0.717) is 17.8 Å². The minimum Gasteiger partial charge on any atom is -0.304 e. The van der Waals surface area contributed by atoms with Crippen LogP contribution < -0.4 is 4.90 Å². The summed E-state index contributed by atoms with van der Waals surface area (Å²) in [6.45, 7) is 3.76. The highest BCUT2D eigenvalue weighted by Crippen LogP contribution is 2.33. The van der Waals surface area contributed by atoms with Gasteiger partial charge in [0.25, 0.3) is 5.91 Å². The Kier molecular flexibility index (Phi) is 3.47. The Balaban J connectivity index is 1.86. The average Bonchev–Trinajstić information content (AvgIpc) is 2.64. The monoisotopic (exact) mass is 349 g/mol. The van der Waals surface area contributed by atoms with Gasteiger partial charge in [0.05, 0.1) is 11.4 Å². The van der Waals surface area contributed by atoms with E-state index >= 15 is 0 Å². The number of anilines is 1. The molecule has 25 heavy (non-hydrogen) atoms. The van der Waals surface area contributed by atoms with E-state index in [-0.39, 0.29) is 10.8 Å². The van der Waals surface area contributed by atoms with E-state index in [0.717, 1.165) is 21.7 Å². The lowest BCUT2D eigenvalue weighted by Crippen LogP contribution is -2.34. The first-order valence-electron chi connectivity index (χ1n) is 7.81. The molecule has 3 aromatic carbocycles. The van der Waals surface area contributed by atoms with Crippen LogP contribution in [0.4, 0.5) is 5.69 Å². The van der Waals surface area contributed by atoms with Crippen molar-refractivity contribution in [3.8, 4) is 0 Å². The number of carbonyl (C=O) groups is 1. The first-order chi connectivity index (χ1) is 12.0. The van der Waals surface area contributed by atoms with E-state index in [1.54, 1.807) is 17.0 Å². The molecule has 1 aliphatic rings. The maximum absolute atomic E-state index is 13.0. The van der Waals surface area contributed by atoms with Crippen LogP contribution in [0.5, 0.6) is 0 Å². The zero-order valence-corrected chi connectivity index (χ0v) is 14.2. The largest absolute Gasteiger partial charge is 0.304 e. The summed E-state index contributed by atoms with van der Waals surface area (Å²) in [5.74, 6) is -0.127. The van der Waals surface area contributed by atoms with E-state index in [4.69, 9.17) is 0 Å². The lowest BCUT2D eigenvalue weighted by molar-refractivity contribution is 0.0984. The second-order valence-corrected chi connectivity index (χ2v) is 7.82. The minimum absolute atomic E-state index is 0.127. The van der Waals surface area contributed by atoms with Crippen molar-refractivity contribution in [1.82, 2.24) is 0 Å². The van der Waals surface area contributed by atoms with Gasteiger partial charge in [0.15, 0.2) is 9.84 Å². The summed E-state index contributed by atoms with van der Waals surface area (Å²) in [7, 11) is -3.55. The fraction of sp³-hybridized carbons (Fsp3) is 0.0500. The summed E-state index contributed by atoms with van der Waals surface area (Å²) in [5, 5.41) is 2.92. The van der Waals surface area contributed by atoms with Crippen LogP contribution in [0, 0.1) is 0 Å². The molecule has 0 saturated carbocycles. The highest BCUT2D eigenvalue weighted by molar-refractivity contribution is 7.94. The molecule has 0 fully saturated rings. The Morgan fingerprint density at radius 2 is 1.72 bits per heavy atom. The minimum atomic E-state index is -3.55. The van der Waals surface area contributed by atoms with Gasteiger partial charge in [0.1, 0.15) is 0 Å². The van der Waals surface area contributed by atoms with Crippen LogP contribution in [0.15, 0.2) is 77.5 Å². The van der Waals surface area contributed by atoms with E-state index in [1.807, 2.05) is 36.4 Å². The molecule has 0 spiro atoms. The maximum Gasteiger partial charge on any atom is 0.259 e. The van der Waals surface area contributed by atoms with Crippen molar-refractivity contribution in [2.75, 3.05) is 4.90 Å². The van der Waals surface area contributed by atoms with Gasteiger partial charge < -0.3 is 4.90 Å². The van der Waals surface area contributed by atoms with Crippen molar-refractivity contribution >= 4 is 32.2 Å². The summed E-state index contributed by atoms with van der Waals surface area (Å²) < 4.78 is 24.1. The van der Waals surface area contributed by atoms with Gasteiger partial charge in [-0.15, -0.1) is 0 Å². The van der Waals surface area contributed by atoms with Crippen LogP contribution in [0.25, 0.3) is 10.8 Å². The first kappa shape index (κ1) is 15.6. The zero-order valence-electron chi connectivity index (χ0n) is 13.3. The molecule has 1 aliphatic heterocycles. The third kappa shape index (κ3) is 2.44. The Labute approximate surface area is 145 Å². The number of amides is 1. The molecule has 0 radical (unpaired) electrons. The zero-order chi connectivity index (χ0) is 17.6. The second-order valence-electron chi connectivity index (χ2n) is 5.92. The molecule has 4 rings (SSSR count). The maximum atomic E-state index is 13.0. The first-order valence-corrected chi connectivity index (χ1v) is 9.36. The molecule has 4 nitrogen and oxygen atoms in total. The van der Waals surface area contributed by atoms with Gasteiger partial charge in [0.2, 0.25) is 0 Å². The second kappa shape index (κ2) is 5.57. The van der Waals surface area contributed by atoms with E-state index in [2.05, 4.69) is 6.58 Å². The molecule has 0 aromatic heterocycles. The molecule has 0 bridgehead atoms. The summed E-state index contributed by atoms with van der Waals surface area (Å²) in [6, 6.07) is 18.0. The molecule has 0 saturated heterocycles. The van der Waals surface area contributed by atoms with Crippen LogP contribution in [-0.2, 0) is 16.4 Å². The molecule has 5 heteroatoms. The topological polar surface area (TPSA) is 54.5 Å². The predicted octanol–water partition coefficient (Wildman–Crippen LogP) is 3.92. The highest BCUT2D eigenvalue weighted by atomic mass is 32.2. The molecule has 0 N–H and O–H groups in total. The van der Waals surface area contributed by atoms with Crippen molar-refractivity contribution in [2.24, 2.45) is 0 Å². The quantitative estimate of drug-likeness (QED) is 0.720. The van der Waals surface area contributed by atoms with Gasteiger partial charge in [-0.2, -0.15) is 0 Å². The number of carbonyl (C=O) groups excluding carboxylic acids is 1. The van der Waals surface area contributed by atoms with Crippen LogP contribution in [-0.4, -0.2) is 14.3 Å². The van der Waals surface area contributed by atoms with Crippen molar-refractivity contribution < 1.29 is 13.2 Å². The number of benzene rings is 3. The molecule has 0 unspecified atom stereocenters. The Hall–Kier alpha value is -2.92. The van der Waals surface area contributed by atoms with Gasteiger partial charge in [-0.25, -0.2) is 8.42 Å². The fourth-order valence-corrected chi connectivity index (χ4v) is 4.00. The number of rotatable bonds is 3. The van der Waals surface area contributed by atoms with Gasteiger partial charge in [0, 0.05) is 16.7 Å². The average molecular weight is 349 g/mol. The fourth-order valence-electron chi connectivity index (χ4n) is 3.25. The Bertz CT molecular complexity index is 1130. The van der Waals surface area contributed by atoms with Crippen molar-refractivity contribution in [3.63, 3.8) is 0 Å². The van der Waals surface area contributed by atoms with Gasteiger partial charge in [-0.1, -0.05) is 43.0 Å². The SMILES string of the molecule is C=CS(=O)(=O)c1cccc(N2Cc3cccc4cccc(c34)C2=O)c1. The standard InChI is InChI=1S/C20H15NO3S/c1-2-25(23,24)17-10-5-9-16(12-17)21-13-15-8-3-6-14-7-4-11-18(19(14)15)20(21)22/h2-12H,1,13H2. The highest BCUT2D eigenvalue weighted by Gasteiger charge is 2.27. The Morgan fingerprint density at radius 1 is 1.00 bits per heavy atom. The molecule has 1 heterocycles. The van der Waals surface area contributed by atoms with Crippen LogP contribution in [0.3, 0.4) is 0 Å². The summed E-state index contributed by atoms with van der Waals surface area (Å²) in [5.41, 5.74) is 2.24. The summed E-state index contributed by atoms with van der Waals surface area (Å²) in [6.07, 6.45) is 0. The lowest BCUT2D eigenvalue weighted by Gasteiger charge is -2.29. The molecule has 3 aromatic rings. The smallest absolute Gasteiger partial charge is 0.259 e. The van der Waals surface area contributed by atoms with Crippen molar-refractivity contribution in [3.05, 3.63) is 83.8 Å². The van der Waals surface area contributed by atoms with Crippen molar-refractivity contribution in [2.45, 2.75) is 11.4 Å². The molecule has 124 valence electrons. The summed E-state index contributed by atoms with van der Waals surface area (Å²) >= 11 is 0. The number of hydrogen-bond acceptors (Lipinski definition) is 3. The number of hydrogen-bond donors (Lipinski definition) is 0. The lowest BCUT2D eigenvalue weighted by atomic mass is 9.94. The third-order valence-corrected chi connectivity index (χ3v) is 5.82. The van der Waals surface area contributed by atoms with E-state index in [9.17, 15) is 13.2 Å². The molecule has 0 aliphatic carbocycles. The van der Waals surface area contributed by atoms with E-state index < -0.39 is 9.84 Å². The number of sulfone groups is 1. The Morgan fingerprint density at radius 3 is 2.48 bits per heavy atom. The molecular weight excluding hydrogens is 334 g/mol.